The quantitative estimate of drug-likeness (QED) is 0.865. The zero-order valence-corrected chi connectivity index (χ0v) is 14.9. The van der Waals surface area contributed by atoms with Crippen molar-refractivity contribution in [2.75, 3.05) is 11.4 Å². The van der Waals surface area contributed by atoms with Crippen LogP contribution in [0.1, 0.15) is 31.9 Å². The number of hydrogen-bond donors (Lipinski definition) is 2. The van der Waals surface area contributed by atoms with Gasteiger partial charge in [0, 0.05) is 43.3 Å². The highest BCUT2D eigenvalue weighted by Crippen LogP contribution is 2.41. The summed E-state index contributed by atoms with van der Waals surface area (Å²) >= 11 is 0. The van der Waals surface area contributed by atoms with E-state index in [0.717, 1.165) is 22.4 Å². The van der Waals surface area contributed by atoms with Crippen molar-refractivity contribution in [1.29, 1.82) is 0 Å². The Morgan fingerprint density at radius 2 is 2.12 bits per heavy atom. The predicted octanol–water partition coefficient (Wildman–Crippen LogP) is 1.79. The summed E-state index contributed by atoms with van der Waals surface area (Å²) in [7, 11) is 0. The topological polar surface area (TPSA) is 116 Å². The number of anilines is 1. The van der Waals surface area contributed by atoms with Crippen molar-refractivity contribution in [1.82, 2.24) is 9.78 Å². The molecule has 0 fully saturated rings. The first-order chi connectivity index (χ1) is 12.4. The van der Waals surface area contributed by atoms with Crippen LogP contribution in [0, 0.1) is 0 Å². The molecule has 3 rings (SSSR count). The lowest BCUT2D eigenvalue weighted by Gasteiger charge is -2.38. The van der Waals surface area contributed by atoms with Gasteiger partial charge in [0.25, 0.3) is 0 Å². The second kappa shape index (κ2) is 7.17. The lowest BCUT2D eigenvalue weighted by atomic mass is 9.91. The Kier molecular flexibility index (Phi) is 4.94. The summed E-state index contributed by atoms with van der Waals surface area (Å²) in [6.07, 6.45) is 2.84. The second-order valence-electron chi connectivity index (χ2n) is 6.45. The van der Waals surface area contributed by atoms with Gasteiger partial charge in [-0.15, -0.1) is 0 Å². The molecule has 0 saturated carbocycles. The molecule has 0 radical (unpaired) electrons. The number of nitrogens with two attached hydrogens (primary N) is 2. The fourth-order valence-electron chi connectivity index (χ4n) is 3.49. The molecule has 0 bridgehead atoms. The molecule has 0 unspecified atom stereocenters. The molecule has 0 saturated heterocycles. The molecule has 2 aromatic rings. The predicted molar refractivity (Wildman–Crippen MR) is 97.4 cm³/mol. The number of aromatic nitrogens is 2. The van der Waals surface area contributed by atoms with Crippen LogP contribution in [-0.2, 0) is 16.1 Å². The van der Waals surface area contributed by atoms with E-state index in [2.05, 4.69) is 5.10 Å². The minimum atomic E-state index is -0.828. The summed E-state index contributed by atoms with van der Waals surface area (Å²) in [4.78, 5) is 25.1. The summed E-state index contributed by atoms with van der Waals surface area (Å²) in [5.74, 6) is -0.0557. The smallest absolute Gasteiger partial charge is 0.405 e. The first-order valence-corrected chi connectivity index (χ1v) is 8.53. The van der Waals surface area contributed by atoms with Gasteiger partial charge in [0.1, 0.15) is 6.10 Å². The van der Waals surface area contributed by atoms with Crippen LogP contribution in [0.15, 0.2) is 30.6 Å². The first-order valence-electron chi connectivity index (χ1n) is 8.53. The Labute approximate surface area is 151 Å². The fraction of sp³-hybridized carbons (Fsp3) is 0.389. The van der Waals surface area contributed by atoms with Crippen LogP contribution in [0.2, 0.25) is 0 Å². The molecule has 2 amide bonds. The van der Waals surface area contributed by atoms with E-state index in [-0.39, 0.29) is 11.9 Å². The third kappa shape index (κ3) is 3.41. The maximum atomic E-state index is 12.1. The average Bonchev–Trinajstić information content (AvgIpc) is 3.02. The number of hydrogen-bond acceptors (Lipinski definition) is 5. The molecule has 1 aliphatic heterocycles. The fourth-order valence-corrected chi connectivity index (χ4v) is 3.49. The Morgan fingerprint density at radius 1 is 1.35 bits per heavy atom. The summed E-state index contributed by atoms with van der Waals surface area (Å²) in [6, 6.07) is 5.63. The van der Waals surface area contributed by atoms with Crippen molar-refractivity contribution in [2.45, 2.75) is 39.0 Å². The van der Waals surface area contributed by atoms with Gasteiger partial charge < -0.3 is 21.1 Å². The summed E-state index contributed by atoms with van der Waals surface area (Å²) < 4.78 is 7.09. The average molecular weight is 357 g/mol. The van der Waals surface area contributed by atoms with Crippen molar-refractivity contribution in [3.8, 4) is 11.1 Å². The Bertz CT molecular complexity index is 832. The molecule has 138 valence electrons. The van der Waals surface area contributed by atoms with E-state index in [9.17, 15) is 9.59 Å². The van der Waals surface area contributed by atoms with Crippen LogP contribution < -0.4 is 16.4 Å². The van der Waals surface area contributed by atoms with Gasteiger partial charge in [-0.3, -0.25) is 9.48 Å². The van der Waals surface area contributed by atoms with Crippen molar-refractivity contribution < 1.29 is 14.3 Å². The number of primary amides is 1. The van der Waals surface area contributed by atoms with E-state index in [1.165, 1.54) is 6.92 Å². The molecule has 0 spiro atoms. The molecule has 1 aromatic carbocycles. The van der Waals surface area contributed by atoms with E-state index in [4.69, 9.17) is 16.2 Å². The zero-order chi connectivity index (χ0) is 18.8. The van der Waals surface area contributed by atoms with E-state index in [1.807, 2.05) is 31.3 Å². The molecule has 0 aliphatic carbocycles. The molecule has 1 aromatic heterocycles. The standard InChI is InChI=1S/C18H23N5O3/c1-11-7-17(26-18(20)25)15-8-13(3-4-16(15)23(11)12(2)24)14-9-21-22(10-14)6-5-19/h3-4,8-11,17H,5-7,19H2,1-2H3,(H2,20,25)/t11-,17+/m0/s1. The number of carbonyl (C=O) groups is 2. The minimum Gasteiger partial charge on any atom is -0.441 e. The van der Waals surface area contributed by atoms with Crippen molar-refractivity contribution >= 4 is 17.7 Å². The SMILES string of the molecule is CC(=O)N1c2ccc(-c3cnn(CCN)c3)cc2[C@H](OC(N)=O)C[C@@H]1C. The molecule has 1 aliphatic rings. The van der Waals surface area contributed by atoms with Gasteiger partial charge in [-0.25, -0.2) is 4.79 Å². The molecule has 2 heterocycles. The van der Waals surface area contributed by atoms with E-state index in [0.29, 0.717) is 19.5 Å². The van der Waals surface area contributed by atoms with E-state index >= 15 is 0 Å². The summed E-state index contributed by atoms with van der Waals surface area (Å²) in [5.41, 5.74) is 14.1. The Balaban J connectivity index is 2.04. The van der Waals surface area contributed by atoms with Gasteiger partial charge in [0.05, 0.1) is 18.4 Å². The van der Waals surface area contributed by atoms with Crippen molar-refractivity contribution in [3.05, 3.63) is 36.2 Å². The van der Waals surface area contributed by atoms with Crippen LogP contribution in [-0.4, -0.2) is 34.4 Å². The molecule has 26 heavy (non-hydrogen) atoms. The molecular weight excluding hydrogens is 334 g/mol. The number of amides is 2. The summed E-state index contributed by atoms with van der Waals surface area (Å²) in [6.45, 7) is 4.59. The third-order valence-electron chi connectivity index (χ3n) is 4.55. The van der Waals surface area contributed by atoms with Crippen LogP contribution in [0.25, 0.3) is 11.1 Å². The van der Waals surface area contributed by atoms with E-state index in [1.54, 1.807) is 15.8 Å². The number of rotatable bonds is 4. The molecule has 8 heteroatoms. The molecule has 8 nitrogen and oxygen atoms in total. The van der Waals surface area contributed by atoms with Crippen molar-refractivity contribution in [3.63, 3.8) is 0 Å². The van der Waals surface area contributed by atoms with Crippen LogP contribution >= 0.6 is 0 Å². The second-order valence-corrected chi connectivity index (χ2v) is 6.45. The third-order valence-corrected chi connectivity index (χ3v) is 4.55. The lowest BCUT2D eigenvalue weighted by molar-refractivity contribution is -0.117. The van der Waals surface area contributed by atoms with Crippen LogP contribution in [0.4, 0.5) is 10.5 Å². The number of ether oxygens (including phenoxy) is 1. The largest absolute Gasteiger partial charge is 0.441 e. The van der Waals surface area contributed by atoms with Crippen LogP contribution in [0.3, 0.4) is 0 Å². The minimum absolute atomic E-state index is 0.0557. The van der Waals surface area contributed by atoms with Gasteiger partial charge in [-0.05, 0) is 24.6 Å². The van der Waals surface area contributed by atoms with E-state index < -0.39 is 12.2 Å². The van der Waals surface area contributed by atoms with Gasteiger partial charge in [-0.1, -0.05) is 6.07 Å². The highest BCUT2D eigenvalue weighted by molar-refractivity contribution is 5.94. The maximum absolute atomic E-state index is 12.1. The first kappa shape index (κ1) is 17.9. The van der Waals surface area contributed by atoms with Gasteiger partial charge in [0.2, 0.25) is 5.91 Å². The maximum Gasteiger partial charge on any atom is 0.405 e. The number of nitrogens with zero attached hydrogens (tertiary/aromatic N) is 3. The van der Waals surface area contributed by atoms with Gasteiger partial charge >= 0.3 is 6.09 Å². The van der Waals surface area contributed by atoms with Gasteiger partial charge in [-0.2, -0.15) is 5.10 Å². The highest BCUT2D eigenvalue weighted by atomic mass is 16.6. The Hall–Kier alpha value is -2.87. The number of fused-ring (bicyclic) bond motifs is 1. The highest BCUT2D eigenvalue weighted by Gasteiger charge is 2.34. The molecule has 4 N–H and O–H groups in total. The number of benzene rings is 1. The zero-order valence-electron chi connectivity index (χ0n) is 14.9. The van der Waals surface area contributed by atoms with Gasteiger partial charge in [0.15, 0.2) is 0 Å². The summed E-state index contributed by atoms with van der Waals surface area (Å²) in [5, 5.41) is 4.28. The van der Waals surface area contributed by atoms with Crippen LogP contribution in [0.5, 0.6) is 0 Å². The normalized spacial score (nSPS) is 19.1. The molecule has 2 atom stereocenters. The Morgan fingerprint density at radius 3 is 2.77 bits per heavy atom. The molecular formula is C18H23N5O3. The lowest BCUT2D eigenvalue weighted by Crippen LogP contribution is -2.42. The van der Waals surface area contributed by atoms with Crippen molar-refractivity contribution in [2.24, 2.45) is 11.5 Å². The monoisotopic (exact) mass is 357 g/mol. The number of carbonyl (C=O) groups excluding carboxylic acids is 2.